The van der Waals surface area contributed by atoms with Gasteiger partial charge in [0.25, 0.3) is 0 Å². The number of aryl methyl sites for hydroxylation is 1. The first-order valence-electron chi connectivity index (χ1n) is 6.17. The molecule has 0 aliphatic carbocycles. The number of nitrogens with zero attached hydrogens (tertiary/aromatic N) is 3. The smallest absolute Gasteiger partial charge is 0.237 e. The number of nitrogens with one attached hydrogen (secondary N) is 1. The third-order valence-electron chi connectivity index (χ3n) is 2.89. The number of hydrogen-bond acceptors (Lipinski definition) is 4. The van der Waals surface area contributed by atoms with Crippen LogP contribution in [0.4, 0.5) is 14.5 Å². The second kappa shape index (κ2) is 6.21. The van der Waals surface area contributed by atoms with Gasteiger partial charge in [-0.3, -0.25) is 4.79 Å². The second-order valence-corrected chi connectivity index (χ2v) is 5.77. The highest BCUT2D eigenvalue weighted by Gasteiger charge is 2.18. The van der Waals surface area contributed by atoms with Crippen LogP contribution in [-0.4, -0.2) is 25.9 Å². The van der Waals surface area contributed by atoms with Crippen LogP contribution in [0, 0.1) is 18.6 Å². The quantitative estimate of drug-likeness (QED) is 0.881. The van der Waals surface area contributed by atoms with E-state index < -0.39 is 16.9 Å². The Morgan fingerprint density at radius 3 is 2.62 bits per heavy atom. The lowest BCUT2D eigenvalue weighted by molar-refractivity contribution is -0.115. The van der Waals surface area contributed by atoms with E-state index in [1.54, 1.807) is 18.5 Å². The zero-order chi connectivity index (χ0) is 15.6. The van der Waals surface area contributed by atoms with E-state index in [-0.39, 0.29) is 11.6 Å². The predicted molar refractivity (Wildman–Crippen MR) is 76.0 cm³/mol. The van der Waals surface area contributed by atoms with Gasteiger partial charge in [-0.05, 0) is 26.0 Å². The number of carbonyl (C=O) groups excluding carboxylic acids is 1. The third-order valence-corrected chi connectivity index (χ3v) is 4.03. The number of thioether (sulfide) groups is 1. The van der Waals surface area contributed by atoms with Gasteiger partial charge in [-0.1, -0.05) is 11.8 Å². The summed E-state index contributed by atoms with van der Waals surface area (Å²) in [5, 5.41) is 10.5. The number of rotatable bonds is 4. The van der Waals surface area contributed by atoms with E-state index in [9.17, 15) is 13.6 Å². The lowest BCUT2D eigenvalue weighted by Gasteiger charge is -2.11. The molecule has 1 atom stereocenters. The molecule has 1 amide bonds. The van der Waals surface area contributed by atoms with Crippen LogP contribution in [0.3, 0.4) is 0 Å². The summed E-state index contributed by atoms with van der Waals surface area (Å²) in [6.07, 6.45) is 0. The molecule has 0 bridgehead atoms. The maximum atomic E-state index is 13.1. The molecule has 0 radical (unpaired) electrons. The van der Waals surface area contributed by atoms with Gasteiger partial charge in [0.1, 0.15) is 5.82 Å². The summed E-state index contributed by atoms with van der Waals surface area (Å²) in [5.41, 5.74) is 0.209. The first kappa shape index (κ1) is 15.4. The fourth-order valence-corrected chi connectivity index (χ4v) is 2.38. The molecule has 8 heteroatoms. The predicted octanol–water partition coefficient (Wildman–Crippen LogP) is 2.52. The van der Waals surface area contributed by atoms with Crippen molar-refractivity contribution in [2.45, 2.75) is 24.3 Å². The Bertz CT molecular complexity index is 674. The van der Waals surface area contributed by atoms with E-state index in [1.807, 2.05) is 6.92 Å². The van der Waals surface area contributed by atoms with E-state index in [2.05, 4.69) is 15.5 Å². The fraction of sp³-hybridized carbons (Fsp3) is 0.308. The van der Waals surface area contributed by atoms with E-state index >= 15 is 0 Å². The molecule has 1 N–H and O–H groups in total. The standard InChI is InChI=1S/C13H14F2N4OS/c1-7(21-13-18-17-8(2)19(13)3)12(20)16-9-4-5-10(14)11(15)6-9/h4-7H,1-3H3,(H,16,20)/t7-/m0/s1. The molecule has 112 valence electrons. The molecule has 2 rings (SSSR count). The molecule has 5 nitrogen and oxygen atoms in total. The average molecular weight is 312 g/mol. The van der Waals surface area contributed by atoms with E-state index in [0.717, 1.165) is 18.0 Å². The van der Waals surface area contributed by atoms with Gasteiger partial charge in [-0.15, -0.1) is 10.2 Å². The number of amides is 1. The summed E-state index contributed by atoms with van der Waals surface area (Å²) < 4.78 is 27.7. The minimum Gasteiger partial charge on any atom is -0.325 e. The van der Waals surface area contributed by atoms with Crippen molar-refractivity contribution < 1.29 is 13.6 Å². The fourth-order valence-electron chi connectivity index (χ4n) is 1.52. The zero-order valence-corrected chi connectivity index (χ0v) is 12.5. The molecule has 1 aromatic carbocycles. The Hall–Kier alpha value is -1.96. The Kier molecular flexibility index (Phi) is 4.56. The lowest BCUT2D eigenvalue weighted by Crippen LogP contribution is -2.23. The molecular weight excluding hydrogens is 298 g/mol. The topological polar surface area (TPSA) is 59.8 Å². The average Bonchev–Trinajstić information content (AvgIpc) is 2.75. The van der Waals surface area contributed by atoms with Crippen molar-refractivity contribution in [3.05, 3.63) is 35.7 Å². The van der Waals surface area contributed by atoms with E-state index in [1.165, 1.54) is 17.8 Å². The van der Waals surface area contributed by atoms with Crippen molar-refractivity contribution in [3.8, 4) is 0 Å². The molecule has 0 saturated carbocycles. The van der Waals surface area contributed by atoms with Gasteiger partial charge in [-0.25, -0.2) is 8.78 Å². The van der Waals surface area contributed by atoms with E-state index in [4.69, 9.17) is 0 Å². The number of hydrogen-bond donors (Lipinski definition) is 1. The Labute approximate surface area is 124 Å². The van der Waals surface area contributed by atoms with Crippen LogP contribution in [-0.2, 0) is 11.8 Å². The van der Waals surface area contributed by atoms with Crippen LogP contribution in [0.2, 0.25) is 0 Å². The summed E-state index contributed by atoms with van der Waals surface area (Å²) in [4.78, 5) is 12.0. The molecular formula is C13H14F2N4OS. The molecule has 1 aromatic heterocycles. The Morgan fingerprint density at radius 1 is 1.33 bits per heavy atom. The van der Waals surface area contributed by atoms with Crippen molar-refractivity contribution in [1.82, 2.24) is 14.8 Å². The molecule has 2 aromatic rings. The molecule has 0 fully saturated rings. The monoisotopic (exact) mass is 312 g/mol. The SMILES string of the molecule is Cc1nnc(S[C@@H](C)C(=O)Nc2ccc(F)c(F)c2)n1C. The number of halogens is 2. The first-order valence-corrected chi connectivity index (χ1v) is 7.05. The lowest BCUT2D eigenvalue weighted by atomic mass is 10.3. The molecule has 0 aliphatic heterocycles. The minimum absolute atomic E-state index is 0.209. The summed E-state index contributed by atoms with van der Waals surface area (Å²) in [7, 11) is 1.80. The first-order chi connectivity index (χ1) is 9.88. The number of benzene rings is 1. The molecule has 21 heavy (non-hydrogen) atoms. The molecule has 1 heterocycles. The van der Waals surface area contributed by atoms with E-state index in [0.29, 0.717) is 5.16 Å². The number of anilines is 1. The van der Waals surface area contributed by atoms with Crippen molar-refractivity contribution in [1.29, 1.82) is 0 Å². The number of carbonyl (C=O) groups is 1. The van der Waals surface area contributed by atoms with Crippen molar-refractivity contribution in [2.75, 3.05) is 5.32 Å². The van der Waals surface area contributed by atoms with Crippen molar-refractivity contribution >= 4 is 23.4 Å². The summed E-state index contributed by atoms with van der Waals surface area (Å²) in [5.74, 6) is -1.54. The van der Waals surface area contributed by atoms with Gasteiger partial charge in [-0.2, -0.15) is 0 Å². The molecule has 0 unspecified atom stereocenters. The zero-order valence-electron chi connectivity index (χ0n) is 11.7. The van der Waals surface area contributed by atoms with Crippen molar-refractivity contribution in [3.63, 3.8) is 0 Å². The normalized spacial score (nSPS) is 12.2. The van der Waals surface area contributed by atoms with Gasteiger partial charge in [0, 0.05) is 18.8 Å². The Morgan fingerprint density at radius 2 is 2.05 bits per heavy atom. The highest BCUT2D eigenvalue weighted by atomic mass is 32.2. The van der Waals surface area contributed by atoms with Crippen LogP contribution >= 0.6 is 11.8 Å². The van der Waals surface area contributed by atoms with Crippen LogP contribution < -0.4 is 5.32 Å². The van der Waals surface area contributed by atoms with Gasteiger partial charge in [0.2, 0.25) is 5.91 Å². The molecule has 0 aliphatic rings. The second-order valence-electron chi connectivity index (χ2n) is 4.47. The molecule has 0 saturated heterocycles. The summed E-state index contributed by atoms with van der Waals surface area (Å²) in [6.45, 7) is 3.51. The third kappa shape index (κ3) is 3.57. The van der Waals surface area contributed by atoms with Crippen LogP contribution in [0.15, 0.2) is 23.4 Å². The summed E-state index contributed by atoms with van der Waals surface area (Å²) in [6, 6.07) is 3.21. The molecule has 0 spiro atoms. The van der Waals surface area contributed by atoms with Gasteiger partial charge in [0.15, 0.2) is 16.8 Å². The van der Waals surface area contributed by atoms with Crippen LogP contribution in [0.25, 0.3) is 0 Å². The van der Waals surface area contributed by atoms with Gasteiger partial charge in [0.05, 0.1) is 5.25 Å². The Balaban J connectivity index is 2.02. The highest BCUT2D eigenvalue weighted by Crippen LogP contribution is 2.22. The van der Waals surface area contributed by atoms with Gasteiger partial charge >= 0.3 is 0 Å². The maximum absolute atomic E-state index is 13.1. The largest absolute Gasteiger partial charge is 0.325 e. The minimum atomic E-state index is -1.00. The highest BCUT2D eigenvalue weighted by molar-refractivity contribution is 8.00. The number of aromatic nitrogens is 3. The maximum Gasteiger partial charge on any atom is 0.237 e. The van der Waals surface area contributed by atoms with Crippen molar-refractivity contribution in [2.24, 2.45) is 7.05 Å². The van der Waals surface area contributed by atoms with Gasteiger partial charge < -0.3 is 9.88 Å². The van der Waals surface area contributed by atoms with Crippen LogP contribution in [0.1, 0.15) is 12.7 Å². The summed E-state index contributed by atoms with van der Waals surface area (Å²) >= 11 is 1.24. The van der Waals surface area contributed by atoms with Crippen LogP contribution in [0.5, 0.6) is 0 Å².